The van der Waals surface area contributed by atoms with E-state index in [9.17, 15) is 4.39 Å². The lowest BCUT2D eigenvalue weighted by Gasteiger charge is -2.35. The molecule has 2 aromatic rings. The first-order valence-corrected chi connectivity index (χ1v) is 9.08. The van der Waals surface area contributed by atoms with E-state index in [1.165, 1.54) is 12.1 Å². The number of guanidine groups is 1. The number of rotatable bonds is 6. The molecule has 3 rings (SSSR count). The minimum atomic E-state index is -0.199. The molecule has 1 aliphatic rings. The maximum Gasteiger partial charge on any atom is 0.193 e. The van der Waals surface area contributed by atoms with E-state index in [1.54, 1.807) is 7.11 Å². The molecule has 0 radical (unpaired) electrons. The number of nitrogens with one attached hydrogen (secondary N) is 1. The van der Waals surface area contributed by atoms with Gasteiger partial charge in [-0.1, -0.05) is 6.07 Å². The Morgan fingerprint density at radius 3 is 2.59 bits per heavy atom. The molecule has 1 fully saturated rings. The van der Waals surface area contributed by atoms with Crippen molar-refractivity contribution in [2.45, 2.75) is 0 Å². The SMILES string of the molecule is COc1cccc(NC(N)=NCCN2CCN(c3ccc(F)cc3)CC2)c1. The lowest BCUT2D eigenvalue weighted by molar-refractivity contribution is 0.265. The number of halogens is 1. The largest absolute Gasteiger partial charge is 0.497 e. The Balaban J connectivity index is 1.41. The van der Waals surface area contributed by atoms with E-state index >= 15 is 0 Å². The first kappa shape index (κ1) is 19.0. The van der Waals surface area contributed by atoms with Gasteiger partial charge in [0.2, 0.25) is 0 Å². The molecule has 144 valence electrons. The molecule has 1 aliphatic heterocycles. The topological polar surface area (TPSA) is 66.1 Å². The molecule has 2 aromatic carbocycles. The second kappa shape index (κ2) is 9.23. The fourth-order valence-corrected chi connectivity index (χ4v) is 3.08. The van der Waals surface area contributed by atoms with Crippen molar-refractivity contribution in [3.05, 3.63) is 54.3 Å². The molecule has 0 amide bonds. The van der Waals surface area contributed by atoms with Crippen molar-refractivity contribution in [2.75, 3.05) is 56.6 Å². The van der Waals surface area contributed by atoms with Crippen molar-refractivity contribution in [2.24, 2.45) is 10.7 Å². The standard InChI is InChI=1S/C20H26FN5O/c1-27-19-4-2-3-17(15-19)24-20(22)23-9-10-25-11-13-26(14-12-25)18-7-5-16(21)6-8-18/h2-8,15H,9-14H2,1H3,(H3,22,23,24). The van der Waals surface area contributed by atoms with Gasteiger partial charge >= 0.3 is 0 Å². The molecular weight excluding hydrogens is 345 g/mol. The van der Waals surface area contributed by atoms with E-state index in [0.717, 1.165) is 49.8 Å². The van der Waals surface area contributed by atoms with Gasteiger partial charge in [-0.3, -0.25) is 9.89 Å². The van der Waals surface area contributed by atoms with Crippen molar-refractivity contribution in [1.29, 1.82) is 0 Å². The summed E-state index contributed by atoms with van der Waals surface area (Å²) in [5, 5.41) is 3.08. The molecule has 0 aromatic heterocycles. The molecular formula is C20H26FN5O. The van der Waals surface area contributed by atoms with Crippen molar-refractivity contribution >= 4 is 17.3 Å². The Labute approximate surface area is 159 Å². The van der Waals surface area contributed by atoms with Crippen molar-refractivity contribution in [3.8, 4) is 5.75 Å². The molecule has 0 aliphatic carbocycles. The second-order valence-corrected chi connectivity index (χ2v) is 6.43. The third-order valence-corrected chi connectivity index (χ3v) is 4.60. The number of hydrogen-bond acceptors (Lipinski definition) is 4. The van der Waals surface area contributed by atoms with Gasteiger partial charge in [-0.25, -0.2) is 4.39 Å². The zero-order chi connectivity index (χ0) is 19.1. The third kappa shape index (κ3) is 5.59. The molecule has 0 atom stereocenters. The van der Waals surface area contributed by atoms with Gasteiger partial charge in [0.15, 0.2) is 5.96 Å². The molecule has 1 saturated heterocycles. The Kier molecular flexibility index (Phi) is 6.49. The van der Waals surface area contributed by atoms with Gasteiger partial charge in [0.25, 0.3) is 0 Å². The Bertz CT molecular complexity index is 757. The summed E-state index contributed by atoms with van der Waals surface area (Å²) in [7, 11) is 1.63. The second-order valence-electron chi connectivity index (χ2n) is 6.43. The van der Waals surface area contributed by atoms with Crippen LogP contribution in [0.5, 0.6) is 5.75 Å². The minimum Gasteiger partial charge on any atom is -0.497 e. The number of nitrogens with zero attached hydrogens (tertiary/aromatic N) is 3. The summed E-state index contributed by atoms with van der Waals surface area (Å²) in [6.07, 6.45) is 0. The van der Waals surface area contributed by atoms with Gasteiger partial charge in [-0.05, 0) is 36.4 Å². The van der Waals surface area contributed by atoms with Crippen molar-refractivity contribution in [3.63, 3.8) is 0 Å². The van der Waals surface area contributed by atoms with Gasteiger partial charge < -0.3 is 20.7 Å². The van der Waals surface area contributed by atoms with Crippen LogP contribution >= 0.6 is 0 Å². The van der Waals surface area contributed by atoms with Crippen LogP contribution in [-0.4, -0.2) is 57.2 Å². The number of piperazine rings is 1. The summed E-state index contributed by atoms with van der Waals surface area (Å²) >= 11 is 0. The molecule has 1 heterocycles. The predicted octanol–water partition coefficient (Wildman–Crippen LogP) is 2.38. The zero-order valence-electron chi connectivity index (χ0n) is 15.6. The number of methoxy groups -OCH3 is 1. The van der Waals surface area contributed by atoms with Gasteiger partial charge in [0, 0.05) is 50.2 Å². The highest BCUT2D eigenvalue weighted by Crippen LogP contribution is 2.17. The molecule has 0 bridgehead atoms. The Morgan fingerprint density at radius 2 is 1.89 bits per heavy atom. The lowest BCUT2D eigenvalue weighted by Crippen LogP contribution is -2.47. The average molecular weight is 371 g/mol. The molecule has 27 heavy (non-hydrogen) atoms. The van der Waals surface area contributed by atoms with E-state index in [0.29, 0.717) is 12.5 Å². The Morgan fingerprint density at radius 1 is 1.15 bits per heavy atom. The number of ether oxygens (including phenoxy) is 1. The van der Waals surface area contributed by atoms with Crippen LogP contribution in [0.25, 0.3) is 0 Å². The summed E-state index contributed by atoms with van der Waals surface area (Å²) in [6.45, 7) is 5.25. The van der Waals surface area contributed by atoms with Crippen LogP contribution < -0.4 is 20.7 Å². The molecule has 3 N–H and O–H groups in total. The highest BCUT2D eigenvalue weighted by molar-refractivity contribution is 5.92. The number of nitrogens with two attached hydrogens (primary N) is 1. The molecule has 0 saturated carbocycles. The Hall–Kier alpha value is -2.80. The lowest BCUT2D eigenvalue weighted by atomic mass is 10.2. The van der Waals surface area contributed by atoms with Crippen LogP contribution in [0.2, 0.25) is 0 Å². The van der Waals surface area contributed by atoms with E-state index in [4.69, 9.17) is 10.5 Å². The third-order valence-electron chi connectivity index (χ3n) is 4.60. The highest BCUT2D eigenvalue weighted by Gasteiger charge is 2.16. The quantitative estimate of drug-likeness (QED) is 0.603. The van der Waals surface area contributed by atoms with Crippen LogP contribution in [-0.2, 0) is 0 Å². The smallest absolute Gasteiger partial charge is 0.193 e. The molecule has 0 unspecified atom stereocenters. The molecule has 6 nitrogen and oxygen atoms in total. The first-order chi connectivity index (χ1) is 13.1. The zero-order valence-corrected chi connectivity index (χ0v) is 15.6. The minimum absolute atomic E-state index is 0.199. The van der Waals surface area contributed by atoms with Gasteiger partial charge in [-0.2, -0.15) is 0 Å². The molecule has 7 heteroatoms. The highest BCUT2D eigenvalue weighted by atomic mass is 19.1. The maximum atomic E-state index is 13.0. The van der Waals surface area contributed by atoms with Crippen LogP contribution in [0.1, 0.15) is 0 Å². The summed E-state index contributed by atoms with van der Waals surface area (Å²) in [5.41, 5.74) is 7.88. The monoisotopic (exact) mass is 371 g/mol. The summed E-state index contributed by atoms with van der Waals surface area (Å²) in [5.74, 6) is 0.968. The van der Waals surface area contributed by atoms with E-state index in [2.05, 4.69) is 20.1 Å². The van der Waals surface area contributed by atoms with Crippen LogP contribution in [0.4, 0.5) is 15.8 Å². The number of aliphatic imine (C=N–C) groups is 1. The average Bonchev–Trinajstić information content (AvgIpc) is 2.69. The van der Waals surface area contributed by atoms with Crippen LogP contribution in [0.15, 0.2) is 53.5 Å². The van der Waals surface area contributed by atoms with Gasteiger partial charge in [0.1, 0.15) is 11.6 Å². The van der Waals surface area contributed by atoms with Crippen molar-refractivity contribution in [1.82, 2.24) is 4.90 Å². The van der Waals surface area contributed by atoms with Crippen LogP contribution in [0.3, 0.4) is 0 Å². The maximum absolute atomic E-state index is 13.0. The normalized spacial score (nSPS) is 15.6. The van der Waals surface area contributed by atoms with E-state index in [-0.39, 0.29) is 5.82 Å². The molecule has 0 spiro atoms. The van der Waals surface area contributed by atoms with E-state index in [1.807, 2.05) is 36.4 Å². The summed E-state index contributed by atoms with van der Waals surface area (Å²) in [6, 6.07) is 14.2. The predicted molar refractivity (Wildman–Crippen MR) is 108 cm³/mol. The van der Waals surface area contributed by atoms with Gasteiger partial charge in [0.05, 0.1) is 13.7 Å². The van der Waals surface area contributed by atoms with Crippen molar-refractivity contribution < 1.29 is 9.13 Å². The summed E-state index contributed by atoms with van der Waals surface area (Å²) < 4.78 is 18.2. The number of anilines is 2. The van der Waals surface area contributed by atoms with Gasteiger partial charge in [-0.15, -0.1) is 0 Å². The number of hydrogen-bond donors (Lipinski definition) is 2. The fraction of sp³-hybridized carbons (Fsp3) is 0.350. The first-order valence-electron chi connectivity index (χ1n) is 9.08. The van der Waals surface area contributed by atoms with Crippen LogP contribution in [0, 0.1) is 5.82 Å². The summed E-state index contributed by atoms with van der Waals surface area (Å²) in [4.78, 5) is 9.04. The fourth-order valence-electron chi connectivity index (χ4n) is 3.08. The number of benzene rings is 2. The van der Waals surface area contributed by atoms with E-state index < -0.39 is 0 Å².